The average Bonchev–Trinajstić information content (AvgIpc) is 3.09. The first kappa shape index (κ1) is 20.5. The number of halogens is 1. The van der Waals surface area contributed by atoms with E-state index in [1.807, 2.05) is 23.1 Å². The minimum absolute atomic E-state index is 0.218. The van der Waals surface area contributed by atoms with Crippen LogP contribution < -0.4 is 4.90 Å². The standard InChI is InChI=1S/C23H25FN4OS/c24-20-10-7-19(8-11-20)17-21-25-23(30-26-21)28-14-4-13-27(15-16-28)22(29)12-9-18-5-2-1-3-6-18/h1-3,5-8,10-11H,4,9,12-17H2. The zero-order valence-electron chi connectivity index (χ0n) is 16.8. The maximum Gasteiger partial charge on any atom is 0.222 e. The summed E-state index contributed by atoms with van der Waals surface area (Å²) in [6.45, 7) is 3.13. The van der Waals surface area contributed by atoms with Crippen molar-refractivity contribution in [1.82, 2.24) is 14.3 Å². The Morgan fingerprint density at radius 2 is 1.77 bits per heavy atom. The largest absolute Gasteiger partial charge is 0.345 e. The van der Waals surface area contributed by atoms with E-state index in [0.717, 1.165) is 49.0 Å². The maximum absolute atomic E-state index is 13.1. The molecule has 0 bridgehead atoms. The molecule has 156 valence electrons. The summed E-state index contributed by atoms with van der Waals surface area (Å²) in [4.78, 5) is 21.5. The lowest BCUT2D eigenvalue weighted by Gasteiger charge is -2.21. The monoisotopic (exact) mass is 424 g/mol. The molecule has 1 aliphatic rings. The average molecular weight is 425 g/mol. The van der Waals surface area contributed by atoms with Crippen molar-refractivity contribution in [3.05, 3.63) is 77.4 Å². The topological polar surface area (TPSA) is 49.3 Å². The normalized spacial score (nSPS) is 14.6. The minimum Gasteiger partial charge on any atom is -0.345 e. The predicted octanol–water partition coefficient (Wildman–Crippen LogP) is 3.94. The molecule has 0 saturated carbocycles. The summed E-state index contributed by atoms with van der Waals surface area (Å²) in [5, 5.41) is 0.894. The zero-order chi connectivity index (χ0) is 20.8. The summed E-state index contributed by atoms with van der Waals surface area (Å²) in [5.41, 5.74) is 2.19. The highest BCUT2D eigenvalue weighted by atomic mass is 32.1. The van der Waals surface area contributed by atoms with Crippen LogP contribution in [-0.4, -0.2) is 46.3 Å². The van der Waals surface area contributed by atoms with Crippen molar-refractivity contribution in [2.75, 3.05) is 31.1 Å². The van der Waals surface area contributed by atoms with Gasteiger partial charge in [-0.2, -0.15) is 4.37 Å². The van der Waals surface area contributed by atoms with Gasteiger partial charge in [-0.05, 0) is 36.1 Å². The number of benzene rings is 2. The van der Waals surface area contributed by atoms with Crippen molar-refractivity contribution in [2.45, 2.75) is 25.7 Å². The number of nitrogens with zero attached hydrogens (tertiary/aromatic N) is 4. The summed E-state index contributed by atoms with van der Waals surface area (Å²) in [5.74, 6) is 0.731. The third kappa shape index (κ3) is 5.42. The van der Waals surface area contributed by atoms with Crippen LogP contribution in [0.1, 0.15) is 29.8 Å². The van der Waals surface area contributed by atoms with Crippen molar-refractivity contribution in [3.8, 4) is 0 Å². The van der Waals surface area contributed by atoms with E-state index in [1.54, 1.807) is 12.1 Å². The molecule has 3 aromatic rings. The SMILES string of the molecule is O=C(CCc1ccccc1)N1CCCN(c2nc(Cc3ccc(F)cc3)ns2)CC1. The van der Waals surface area contributed by atoms with Crippen LogP contribution in [0.4, 0.5) is 9.52 Å². The molecule has 0 atom stereocenters. The Hall–Kier alpha value is -2.80. The van der Waals surface area contributed by atoms with Crippen LogP contribution in [0.15, 0.2) is 54.6 Å². The van der Waals surface area contributed by atoms with Crippen molar-refractivity contribution < 1.29 is 9.18 Å². The number of carbonyl (C=O) groups excluding carboxylic acids is 1. The molecular formula is C23H25FN4OS. The predicted molar refractivity (Wildman–Crippen MR) is 117 cm³/mol. The van der Waals surface area contributed by atoms with E-state index in [9.17, 15) is 9.18 Å². The molecule has 2 aromatic carbocycles. The van der Waals surface area contributed by atoms with E-state index in [4.69, 9.17) is 0 Å². The molecule has 30 heavy (non-hydrogen) atoms. The second-order valence-corrected chi connectivity index (χ2v) is 8.23. The minimum atomic E-state index is -0.238. The van der Waals surface area contributed by atoms with Gasteiger partial charge in [-0.25, -0.2) is 9.37 Å². The van der Waals surface area contributed by atoms with Gasteiger partial charge in [-0.15, -0.1) is 0 Å². The number of hydrogen-bond acceptors (Lipinski definition) is 5. The van der Waals surface area contributed by atoms with Gasteiger partial charge in [0.1, 0.15) is 11.6 Å². The van der Waals surface area contributed by atoms with Gasteiger partial charge in [0.2, 0.25) is 11.0 Å². The molecular weight excluding hydrogens is 399 g/mol. The maximum atomic E-state index is 13.1. The van der Waals surface area contributed by atoms with Gasteiger partial charge in [0.15, 0.2) is 0 Å². The Morgan fingerprint density at radius 3 is 2.57 bits per heavy atom. The first-order valence-corrected chi connectivity index (χ1v) is 11.1. The van der Waals surface area contributed by atoms with Crippen LogP contribution in [0, 0.1) is 5.82 Å². The molecule has 0 aliphatic carbocycles. The lowest BCUT2D eigenvalue weighted by molar-refractivity contribution is -0.130. The molecule has 7 heteroatoms. The Balaban J connectivity index is 1.30. The van der Waals surface area contributed by atoms with Crippen LogP contribution in [0.3, 0.4) is 0 Å². The fourth-order valence-electron chi connectivity index (χ4n) is 3.64. The molecule has 0 radical (unpaired) electrons. The molecule has 0 unspecified atom stereocenters. The number of rotatable bonds is 6. The Kier molecular flexibility index (Phi) is 6.69. The lowest BCUT2D eigenvalue weighted by Crippen LogP contribution is -2.35. The van der Waals surface area contributed by atoms with E-state index >= 15 is 0 Å². The number of carbonyl (C=O) groups is 1. The van der Waals surface area contributed by atoms with E-state index in [2.05, 4.69) is 26.4 Å². The van der Waals surface area contributed by atoms with Crippen molar-refractivity contribution >= 4 is 22.6 Å². The molecule has 1 fully saturated rings. The van der Waals surface area contributed by atoms with Gasteiger partial charge >= 0.3 is 0 Å². The Morgan fingerprint density at radius 1 is 0.967 bits per heavy atom. The molecule has 1 saturated heterocycles. The van der Waals surface area contributed by atoms with Gasteiger partial charge in [0.25, 0.3) is 0 Å². The number of anilines is 1. The number of aryl methyl sites for hydroxylation is 1. The summed E-state index contributed by atoms with van der Waals surface area (Å²) in [6, 6.07) is 16.6. The summed E-state index contributed by atoms with van der Waals surface area (Å²) in [6.07, 6.45) is 2.84. The number of amides is 1. The van der Waals surface area contributed by atoms with E-state index in [-0.39, 0.29) is 11.7 Å². The van der Waals surface area contributed by atoms with Gasteiger partial charge < -0.3 is 9.80 Å². The van der Waals surface area contributed by atoms with Crippen LogP contribution >= 0.6 is 11.5 Å². The second kappa shape index (κ2) is 9.80. The van der Waals surface area contributed by atoms with Crippen molar-refractivity contribution in [2.24, 2.45) is 0 Å². The molecule has 4 rings (SSSR count). The van der Waals surface area contributed by atoms with Crippen LogP contribution in [0.2, 0.25) is 0 Å². The highest BCUT2D eigenvalue weighted by Gasteiger charge is 2.21. The van der Waals surface area contributed by atoms with Crippen molar-refractivity contribution in [3.63, 3.8) is 0 Å². The van der Waals surface area contributed by atoms with Gasteiger partial charge in [-0.1, -0.05) is 42.5 Å². The highest BCUT2D eigenvalue weighted by Crippen LogP contribution is 2.21. The summed E-state index contributed by atoms with van der Waals surface area (Å²) < 4.78 is 17.5. The second-order valence-electron chi connectivity index (χ2n) is 7.50. The van der Waals surface area contributed by atoms with E-state index in [0.29, 0.717) is 19.4 Å². The highest BCUT2D eigenvalue weighted by molar-refractivity contribution is 7.09. The summed E-state index contributed by atoms with van der Waals surface area (Å²) in [7, 11) is 0. The first-order valence-electron chi connectivity index (χ1n) is 10.3. The van der Waals surface area contributed by atoms with Crippen LogP contribution in [-0.2, 0) is 17.6 Å². The molecule has 1 amide bonds. The molecule has 0 spiro atoms. The van der Waals surface area contributed by atoms with E-state index in [1.165, 1.54) is 29.2 Å². The fourth-order valence-corrected chi connectivity index (χ4v) is 4.38. The first-order chi connectivity index (χ1) is 14.7. The number of hydrogen-bond donors (Lipinski definition) is 0. The Labute approximate surface area is 180 Å². The fraction of sp³-hybridized carbons (Fsp3) is 0.348. The van der Waals surface area contributed by atoms with Crippen molar-refractivity contribution in [1.29, 1.82) is 0 Å². The molecule has 2 heterocycles. The summed E-state index contributed by atoms with van der Waals surface area (Å²) >= 11 is 1.39. The lowest BCUT2D eigenvalue weighted by atomic mass is 10.1. The van der Waals surface area contributed by atoms with E-state index < -0.39 is 0 Å². The molecule has 1 aromatic heterocycles. The van der Waals surface area contributed by atoms with Crippen LogP contribution in [0.5, 0.6) is 0 Å². The smallest absolute Gasteiger partial charge is 0.222 e. The van der Waals surface area contributed by atoms with Crippen LogP contribution in [0.25, 0.3) is 0 Å². The number of aromatic nitrogens is 2. The zero-order valence-corrected chi connectivity index (χ0v) is 17.7. The van der Waals surface area contributed by atoms with Gasteiger partial charge in [-0.3, -0.25) is 4.79 Å². The molecule has 5 nitrogen and oxygen atoms in total. The van der Waals surface area contributed by atoms with Gasteiger partial charge in [0.05, 0.1) is 0 Å². The third-order valence-corrected chi connectivity index (χ3v) is 6.14. The third-order valence-electron chi connectivity index (χ3n) is 5.32. The molecule has 0 N–H and O–H groups in total. The van der Waals surface area contributed by atoms with Gasteiger partial charge in [0, 0.05) is 50.6 Å². The Bertz CT molecular complexity index is 961. The quantitative estimate of drug-likeness (QED) is 0.601. The molecule has 1 aliphatic heterocycles.